The van der Waals surface area contributed by atoms with Gasteiger partial charge in [-0.2, -0.15) is 5.10 Å². The largest absolute Gasteiger partial charge is 0.341 e. The molecular formula is C15H24N4O. The van der Waals surface area contributed by atoms with Crippen molar-refractivity contribution in [2.45, 2.75) is 51.9 Å². The molecule has 1 saturated heterocycles. The average molecular weight is 276 g/mol. The lowest BCUT2D eigenvalue weighted by molar-refractivity contribution is -0.137. The van der Waals surface area contributed by atoms with Crippen LogP contribution in [0.25, 0.3) is 0 Å². The second-order valence-electron chi connectivity index (χ2n) is 6.50. The van der Waals surface area contributed by atoms with Gasteiger partial charge in [-0.1, -0.05) is 26.2 Å². The van der Waals surface area contributed by atoms with Crippen molar-refractivity contribution in [3.8, 4) is 0 Å². The molecule has 2 unspecified atom stereocenters. The van der Waals surface area contributed by atoms with Crippen molar-refractivity contribution in [1.29, 1.82) is 0 Å². The summed E-state index contributed by atoms with van der Waals surface area (Å²) in [6, 6.07) is 0. The van der Waals surface area contributed by atoms with E-state index in [1.165, 1.54) is 25.7 Å². The van der Waals surface area contributed by atoms with Crippen LogP contribution in [0, 0.1) is 18.8 Å². The lowest BCUT2D eigenvalue weighted by Gasteiger charge is -2.39. The molecule has 20 heavy (non-hydrogen) atoms. The van der Waals surface area contributed by atoms with E-state index >= 15 is 0 Å². The van der Waals surface area contributed by atoms with Crippen LogP contribution < -0.4 is 0 Å². The van der Waals surface area contributed by atoms with Crippen LogP contribution in [-0.2, 0) is 4.79 Å². The maximum atomic E-state index is 12.3. The van der Waals surface area contributed by atoms with Crippen molar-refractivity contribution in [3.05, 3.63) is 11.6 Å². The average Bonchev–Trinajstić information content (AvgIpc) is 2.77. The Morgan fingerprint density at radius 1 is 1.35 bits per heavy atom. The Labute approximate surface area is 120 Å². The van der Waals surface area contributed by atoms with Crippen LogP contribution in [0.15, 0.2) is 0 Å². The van der Waals surface area contributed by atoms with Gasteiger partial charge in [0.15, 0.2) is 5.82 Å². The summed E-state index contributed by atoms with van der Waals surface area (Å²) in [6.45, 7) is 5.78. The molecule has 5 nitrogen and oxygen atoms in total. The van der Waals surface area contributed by atoms with E-state index in [4.69, 9.17) is 0 Å². The molecule has 1 aromatic rings. The Morgan fingerprint density at radius 2 is 2.10 bits per heavy atom. The highest BCUT2D eigenvalue weighted by Gasteiger charge is 2.35. The number of aromatic nitrogens is 3. The summed E-state index contributed by atoms with van der Waals surface area (Å²) in [4.78, 5) is 18.6. The van der Waals surface area contributed by atoms with Gasteiger partial charge >= 0.3 is 0 Å². The maximum Gasteiger partial charge on any atom is 0.222 e. The molecule has 2 atom stereocenters. The van der Waals surface area contributed by atoms with Crippen molar-refractivity contribution in [3.63, 3.8) is 0 Å². The van der Waals surface area contributed by atoms with Gasteiger partial charge in [-0.3, -0.25) is 9.89 Å². The standard InChI is InChI=1S/C15H24N4O/c1-10-5-3-4-6-12(10)7-14(20)19-8-13(9-19)15-16-11(2)17-18-15/h10,12-13H,3-9H2,1-2H3,(H,16,17,18). The van der Waals surface area contributed by atoms with Gasteiger partial charge in [-0.15, -0.1) is 0 Å². The van der Waals surface area contributed by atoms with Crippen molar-refractivity contribution < 1.29 is 4.79 Å². The summed E-state index contributed by atoms with van der Waals surface area (Å²) in [5.74, 6) is 3.67. The molecule has 1 aliphatic carbocycles. The molecule has 0 bridgehead atoms. The van der Waals surface area contributed by atoms with Crippen molar-refractivity contribution >= 4 is 5.91 Å². The summed E-state index contributed by atoms with van der Waals surface area (Å²) < 4.78 is 0. The molecule has 0 spiro atoms. The summed E-state index contributed by atoms with van der Waals surface area (Å²) in [5.41, 5.74) is 0. The van der Waals surface area contributed by atoms with Crippen LogP contribution in [0.5, 0.6) is 0 Å². The normalized spacial score (nSPS) is 27.4. The van der Waals surface area contributed by atoms with E-state index < -0.39 is 0 Å². The number of nitrogens with zero attached hydrogens (tertiary/aromatic N) is 3. The van der Waals surface area contributed by atoms with E-state index in [2.05, 4.69) is 22.1 Å². The Hall–Kier alpha value is -1.39. The Kier molecular flexibility index (Phi) is 3.76. The number of carbonyl (C=O) groups excluding carboxylic acids is 1. The van der Waals surface area contributed by atoms with Crippen molar-refractivity contribution in [2.24, 2.45) is 11.8 Å². The maximum absolute atomic E-state index is 12.3. The third-order valence-corrected chi connectivity index (χ3v) is 4.94. The van der Waals surface area contributed by atoms with Crippen LogP contribution in [-0.4, -0.2) is 39.1 Å². The van der Waals surface area contributed by atoms with Gasteiger partial charge in [0.1, 0.15) is 5.82 Å². The van der Waals surface area contributed by atoms with E-state index in [0.29, 0.717) is 23.7 Å². The van der Waals surface area contributed by atoms with Gasteiger partial charge in [-0.25, -0.2) is 4.98 Å². The Bertz CT molecular complexity index is 478. The third-order valence-electron chi connectivity index (χ3n) is 4.94. The van der Waals surface area contributed by atoms with E-state index in [1.54, 1.807) is 0 Å². The fourth-order valence-corrected chi connectivity index (χ4v) is 3.44. The van der Waals surface area contributed by atoms with Gasteiger partial charge in [-0.05, 0) is 25.2 Å². The zero-order valence-electron chi connectivity index (χ0n) is 12.4. The van der Waals surface area contributed by atoms with Crippen molar-refractivity contribution in [1.82, 2.24) is 20.1 Å². The summed E-state index contributed by atoms with van der Waals surface area (Å²) in [6.07, 6.45) is 5.88. The number of aromatic amines is 1. The predicted molar refractivity (Wildman–Crippen MR) is 76.2 cm³/mol. The number of nitrogens with one attached hydrogen (secondary N) is 1. The number of amides is 1. The number of likely N-dealkylation sites (tertiary alicyclic amines) is 1. The molecule has 1 saturated carbocycles. The predicted octanol–water partition coefficient (Wildman–Crippen LogP) is 2.26. The Balaban J connectivity index is 1.48. The summed E-state index contributed by atoms with van der Waals surface area (Å²) in [7, 11) is 0. The molecule has 2 aliphatic rings. The van der Waals surface area contributed by atoms with E-state index in [0.717, 1.165) is 31.2 Å². The second kappa shape index (κ2) is 5.54. The van der Waals surface area contributed by atoms with E-state index in [9.17, 15) is 4.79 Å². The van der Waals surface area contributed by atoms with Gasteiger partial charge in [0.25, 0.3) is 0 Å². The smallest absolute Gasteiger partial charge is 0.222 e. The highest BCUT2D eigenvalue weighted by molar-refractivity contribution is 5.77. The SMILES string of the molecule is Cc1nc(C2CN(C(=O)CC3CCCCC3C)C2)n[nH]1. The quantitative estimate of drug-likeness (QED) is 0.921. The third kappa shape index (κ3) is 2.72. The first-order valence-electron chi connectivity index (χ1n) is 7.80. The second-order valence-corrected chi connectivity index (χ2v) is 6.50. The van der Waals surface area contributed by atoms with Crippen LogP contribution in [0.2, 0.25) is 0 Å². The van der Waals surface area contributed by atoms with E-state index in [-0.39, 0.29) is 0 Å². The minimum absolute atomic E-state index is 0.326. The fourth-order valence-electron chi connectivity index (χ4n) is 3.44. The molecule has 1 aromatic heterocycles. The van der Waals surface area contributed by atoms with E-state index in [1.807, 2.05) is 11.8 Å². The van der Waals surface area contributed by atoms with Gasteiger partial charge in [0, 0.05) is 19.5 Å². The zero-order chi connectivity index (χ0) is 14.1. The van der Waals surface area contributed by atoms with Crippen LogP contribution in [0.1, 0.15) is 56.6 Å². The van der Waals surface area contributed by atoms with Crippen molar-refractivity contribution in [2.75, 3.05) is 13.1 Å². The molecule has 5 heteroatoms. The Morgan fingerprint density at radius 3 is 2.75 bits per heavy atom. The number of carbonyl (C=O) groups is 1. The zero-order valence-corrected chi connectivity index (χ0v) is 12.4. The lowest BCUT2D eigenvalue weighted by atomic mass is 9.78. The van der Waals surface area contributed by atoms with Crippen LogP contribution in [0.4, 0.5) is 0 Å². The number of hydrogen-bond donors (Lipinski definition) is 1. The minimum Gasteiger partial charge on any atom is -0.341 e. The number of hydrogen-bond acceptors (Lipinski definition) is 3. The fraction of sp³-hybridized carbons (Fsp3) is 0.800. The highest BCUT2D eigenvalue weighted by atomic mass is 16.2. The summed E-state index contributed by atoms with van der Waals surface area (Å²) >= 11 is 0. The molecule has 1 aliphatic heterocycles. The number of aryl methyl sites for hydroxylation is 1. The molecule has 110 valence electrons. The topological polar surface area (TPSA) is 61.9 Å². The molecule has 1 amide bonds. The van der Waals surface area contributed by atoms with Gasteiger partial charge in [0.2, 0.25) is 5.91 Å². The molecule has 2 heterocycles. The lowest BCUT2D eigenvalue weighted by Crippen LogP contribution is -2.49. The molecule has 3 rings (SSSR count). The molecular weight excluding hydrogens is 252 g/mol. The minimum atomic E-state index is 0.326. The molecule has 2 fully saturated rings. The van der Waals surface area contributed by atoms with Crippen LogP contribution in [0.3, 0.4) is 0 Å². The number of rotatable bonds is 3. The molecule has 0 radical (unpaired) electrons. The van der Waals surface area contributed by atoms with Crippen LogP contribution >= 0.6 is 0 Å². The monoisotopic (exact) mass is 276 g/mol. The first kappa shape index (κ1) is 13.6. The summed E-state index contributed by atoms with van der Waals surface area (Å²) in [5, 5.41) is 7.05. The van der Waals surface area contributed by atoms with Gasteiger partial charge in [0.05, 0.1) is 5.92 Å². The molecule has 1 N–H and O–H groups in total. The number of H-pyrrole nitrogens is 1. The first-order valence-corrected chi connectivity index (χ1v) is 7.80. The van der Waals surface area contributed by atoms with Gasteiger partial charge < -0.3 is 4.90 Å². The first-order chi connectivity index (χ1) is 9.63. The molecule has 0 aromatic carbocycles. The highest BCUT2D eigenvalue weighted by Crippen LogP contribution is 2.33.